The van der Waals surface area contributed by atoms with Crippen molar-refractivity contribution >= 4 is 16.8 Å². The van der Waals surface area contributed by atoms with Gasteiger partial charge in [0.2, 0.25) is 0 Å². The molecule has 1 amide bonds. The van der Waals surface area contributed by atoms with Gasteiger partial charge in [0.15, 0.2) is 11.6 Å². The van der Waals surface area contributed by atoms with Crippen LogP contribution in [0.3, 0.4) is 0 Å². The monoisotopic (exact) mass is 484 g/mol. The van der Waals surface area contributed by atoms with Crippen molar-refractivity contribution in [2.24, 2.45) is 0 Å². The van der Waals surface area contributed by atoms with Gasteiger partial charge in [-0.1, -0.05) is 36.4 Å². The van der Waals surface area contributed by atoms with Crippen molar-refractivity contribution in [1.29, 1.82) is 0 Å². The van der Waals surface area contributed by atoms with Crippen LogP contribution in [0.1, 0.15) is 39.4 Å². The molecule has 0 N–H and O–H groups in total. The van der Waals surface area contributed by atoms with E-state index in [0.717, 1.165) is 40.2 Å². The van der Waals surface area contributed by atoms with Gasteiger partial charge >= 0.3 is 6.18 Å². The molecule has 0 spiro atoms. The van der Waals surface area contributed by atoms with Crippen molar-refractivity contribution in [3.05, 3.63) is 107 Å². The maximum Gasteiger partial charge on any atom is 0.416 e. The smallest absolute Gasteiger partial charge is 0.343 e. The molecule has 3 aromatic carbocycles. The Hall–Kier alpha value is -3.68. The van der Waals surface area contributed by atoms with E-state index in [-0.39, 0.29) is 11.5 Å². The van der Waals surface area contributed by atoms with Crippen molar-refractivity contribution in [3.63, 3.8) is 0 Å². The third-order valence-corrected chi connectivity index (χ3v) is 6.55. The highest BCUT2D eigenvalue weighted by Crippen LogP contribution is 2.35. The molecule has 180 valence electrons. The van der Waals surface area contributed by atoms with Crippen LogP contribution in [0.15, 0.2) is 72.9 Å². The molecule has 0 bridgehead atoms. The number of amides is 1. The van der Waals surface area contributed by atoms with Crippen LogP contribution in [0.25, 0.3) is 10.9 Å². The molecule has 1 fully saturated rings. The van der Waals surface area contributed by atoms with E-state index in [1.54, 1.807) is 0 Å². The molecule has 1 atom stereocenters. The fourth-order valence-electron chi connectivity index (χ4n) is 4.77. The van der Waals surface area contributed by atoms with Gasteiger partial charge < -0.3 is 9.47 Å². The van der Waals surface area contributed by atoms with Crippen LogP contribution in [0.4, 0.5) is 22.0 Å². The molecule has 4 aromatic rings. The zero-order valence-corrected chi connectivity index (χ0v) is 18.5. The van der Waals surface area contributed by atoms with E-state index in [9.17, 15) is 26.7 Å². The SMILES string of the molecule is O=C(c1cccc(F)c1F)N1CCC(c2cn(Cc3ccc(C(F)(F)F)cc3)c3ccccc23)C1. The topological polar surface area (TPSA) is 25.2 Å². The Morgan fingerprint density at radius 1 is 0.943 bits per heavy atom. The summed E-state index contributed by atoms with van der Waals surface area (Å²) >= 11 is 0. The Balaban J connectivity index is 1.40. The molecule has 1 aliphatic rings. The summed E-state index contributed by atoms with van der Waals surface area (Å²) in [5, 5.41) is 0.996. The second-order valence-corrected chi connectivity index (χ2v) is 8.76. The quantitative estimate of drug-likeness (QED) is 0.299. The molecule has 0 radical (unpaired) electrons. The molecule has 1 aromatic heterocycles. The average Bonchev–Trinajstić information content (AvgIpc) is 3.46. The summed E-state index contributed by atoms with van der Waals surface area (Å²) < 4.78 is 68.4. The second-order valence-electron chi connectivity index (χ2n) is 8.76. The number of fused-ring (bicyclic) bond motifs is 1. The van der Waals surface area contributed by atoms with E-state index in [4.69, 9.17) is 0 Å². The minimum absolute atomic E-state index is 0.00525. The zero-order chi connectivity index (χ0) is 24.7. The van der Waals surface area contributed by atoms with Gasteiger partial charge in [-0.05, 0) is 47.9 Å². The number of likely N-dealkylation sites (tertiary alicyclic amines) is 1. The van der Waals surface area contributed by atoms with Crippen LogP contribution in [-0.4, -0.2) is 28.5 Å². The summed E-state index contributed by atoms with van der Waals surface area (Å²) in [5.74, 6) is -2.75. The molecular weight excluding hydrogens is 463 g/mol. The fourth-order valence-corrected chi connectivity index (χ4v) is 4.77. The van der Waals surface area contributed by atoms with Crippen molar-refractivity contribution in [3.8, 4) is 0 Å². The minimum atomic E-state index is -4.38. The predicted molar refractivity (Wildman–Crippen MR) is 122 cm³/mol. The molecule has 35 heavy (non-hydrogen) atoms. The van der Waals surface area contributed by atoms with Gasteiger partial charge in [0.05, 0.1) is 11.1 Å². The fraction of sp³-hybridized carbons (Fsp3) is 0.222. The molecular formula is C27H21F5N2O. The maximum absolute atomic E-state index is 14.1. The third kappa shape index (κ3) is 4.40. The molecule has 0 aliphatic carbocycles. The van der Waals surface area contributed by atoms with Gasteiger partial charge in [-0.25, -0.2) is 8.78 Å². The summed E-state index contributed by atoms with van der Waals surface area (Å²) in [6, 6.07) is 16.4. The van der Waals surface area contributed by atoms with Crippen LogP contribution >= 0.6 is 0 Å². The number of benzene rings is 3. The van der Waals surface area contributed by atoms with E-state index in [2.05, 4.69) is 0 Å². The third-order valence-electron chi connectivity index (χ3n) is 6.55. The lowest BCUT2D eigenvalue weighted by Gasteiger charge is -2.17. The van der Waals surface area contributed by atoms with Crippen molar-refractivity contribution < 1.29 is 26.7 Å². The first-order chi connectivity index (χ1) is 16.7. The van der Waals surface area contributed by atoms with E-state index in [0.29, 0.717) is 26.1 Å². The largest absolute Gasteiger partial charge is 0.416 e. The van der Waals surface area contributed by atoms with Gasteiger partial charge in [0.1, 0.15) is 0 Å². The standard InChI is InChI=1S/C27H21F5N2O/c28-23-6-3-5-21(25(23)29)26(35)33-13-12-18(15-33)22-16-34(24-7-2-1-4-20(22)24)14-17-8-10-19(11-9-17)27(30,31)32/h1-11,16,18H,12-15H2. The molecule has 5 rings (SSSR count). The Morgan fingerprint density at radius 3 is 2.43 bits per heavy atom. The van der Waals surface area contributed by atoms with E-state index >= 15 is 0 Å². The van der Waals surface area contributed by atoms with Crippen molar-refractivity contribution in [2.75, 3.05) is 13.1 Å². The first kappa shape index (κ1) is 23.1. The Labute approximate surface area is 198 Å². The molecule has 0 saturated carbocycles. The van der Waals surface area contributed by atoms with Crippen molar-refractivity contribution in [2.45, 2.75) is 25.1 Å². The van der Waals surface area contributed by atoms with Gasteiger partial charge in [0, 0.05) is 42.7 Å². The molecule has 8 heteroatoms. The molecule has 3 nitrogen and oxygen atoms in total. The number of rotatable bonds is 4. The number of carbonyl (C=O) groups is 1. The van der Waals surface area contributed by atoms with Gasteiger partial charge in [0.25, 0.3) is 5.91 Å². The maximum atomic E-state index is 14.1. The Bertz CT molecular complexity index is 1390. The Morgan fingerprint density at radius 2 is 1.69 bits per heavy atom. The number of nitrogens with zero attached hydrogens (tertiary/aromatic N) is 2. The van der Waals surface area contributed by atoms with E-state index in [1.807, 2.05) is 35.0 Å². The normalized spacial score (nSPS) is 16.3. The number of aromatic nitrogens is 1. The first-order valence-electron chi connectivity index (χ1n) is 11.2. The molecule has 2 heterocycles. The summed E-state index contributed by atoms with van der Waals surface area (Å²) in [4.78, 5) is 14.4. The summed E-state index contributed by atoms with van der Waals surface area (Å²) in [6.45, 7) is 1.17. The van der Waals surface area contributed by atoms with Gasteiger partial charge in [-0.15, -0.1) is 0 Å². The number of hydrogen-bond acceptors (Lipinski definition) is 1. The minimum Gasteiger partial charge on any atom is -0.343 e. The number of hydrogen-bond donors (Lipinski definition) is 0. The van der Waals surface area contributed by atoms with Crippen molar-refractivity contribution in [1.82, 2.24) is 9.47 Å². The first-order valence-corrected chi connectivity index (χ1v) is 11.2. The van der Waals surface area contributed by atoms with Gasteiger partial charge in [-0.2, -0.15) is 13.2 Å². The summed E-state index contributed by atoms with van der Waals surface area (Å²) in [5.41, 5.74) is 1.71. The van der Waals surface area contributed by atoms with E-state index < -0.39 is 29.3 Å². The van der Waals surface area contributed by atoms with Crippen LogP contribution in [-0.2, 0) is 12.7 Å². The predicted octanol–water partition coefficient (Wildman–Crippen LogP) is 6.62. The number of carbonyl (C=O) groups excluding carboxylic acids is 1. The number of halogens is 5. The molecule has 1 saturated heterocycles. The highest BCUT2D eigenvalue weighted by molar-refractivity contribution is 5.95. The second kappa shape index (κ2) is 8.83. The van der Waals surface area contributed by atoms with Crippen LogP contribution in [0.2, 0.25) is 0 Å². The lowest BCUT2D eigenvalue weighted by Crippen LogP contribution is -2.29. The summed E-state index contributed by atoms with van der Waals surface area (Å²) in [6.07, 6.45) is -1.74. The highest BCUT2D eigenvalue weighted by Gasteiger charge is 2.32. The summed E-state index contributed by atoms with van der Waals surface area (Å²) in [7, 11) is 0. The van der Waals surface area contributed by atoms with Crippen LogP contribution in [0, 0.1) is 11.6 Å². The van der Waals surface area contributed by atoms with Crippen LogP contribution < -0.4 is 0 Å². The lowest BCUT2D eigenvalue weighted by atomic mass is 9.98. The van der Waals surface area contributed by atoms with Crippen LogP contribution in [0.5, 0.6) is 0 Å². The average molecular weight is 484 g/mol. The number of para-hydroxylation sites is 1. The number of alkyl halides is 3. The zero-order valence-electron chi connectivity index (χ0n) is 18.5. The Kier molecular flexibility index (Phi) is 5.83. The highest BCUT2D eigenvalue weighted by atomic mass is 19.4. The van der Waals surface area contributed by atoms with Gasteiger partial charge in [-0.3, -0.25) is 4.79 Å². The lowest BCUT2D eigenvalue weighted by molar-refractivity contribution is -0.137. The molecule has 1 aliphatic heterocycles. The van der Waals surface area contributed by atoms with E-state index in [1.165, 1.54) is 29.2 Å². The molecule has 1 unspecified atom stereocenters.